The average molecular weight is 498 g/mol. The molecule has 0 spiro atoms. The van der Waals surface area contributed by atoms with Crippen molar-refractivity contribution in [3.05, 3.63) is 100 Å². The topological polar surface area (TPSA) is 16.4 Å². The van der Waals surface area contributed by atoms with E-state index in [0.717, 1.165) is 18.8 Å². The molecule has 1 aliphatic heterocycles. The van der Waals surface area contributed by atoms with Gasteiger partial charge in [-0.25, -0.2) is 0 Å². The zero-order valence-electron chi connectivity index (χ0n) is 20.3. The predicted octanol–water partition coefficient (Wildman–Crippen LogP) is 7.87. The van der Waals surface area contributed by atoms with Crippen LogP contribution in [0.15, 0.2) is 88.8 Å². The number of methoxy groups -OCH3 is 1. The first-order valence-electron chi connectivity index (χ1n) is 11.9. The van der Waals surface area contributed by atoms with Crippen LogP contribution in [0.2, 0.25) is 0 Å². The maximum atomic E-state index is 5.43. The van der Waals surface area contributed by atoms with Gasteiger partial charge in [0, 0.05) is 29.6 Å². The van der Waals surface area contributed by atoms with E-state index in [9.17, 15) is 0 Å². The summed E-state index contributed by atoms with van der Waals surface area (Å²) in [6, 6.07) is 23.5. The van der Waals surface area contributed by atoms with Crippen LogP contribution >= 0.6 is 23.1 Å². The Morgan fingerprint density at radius 1 is 0.914 bits per heavy atom. The number of aromatic nitrogens is 1. The van der Waals surface area contributed by atoms with Crippen LogP contribution in [0.25, 0.3) is 28.4 Å². The van der Waals surface area contributed by atoms with Crippen molar-refractivity contribution in [2.45, 2.75) is 25.3 Å². The maximum absolute atomic E-state index is 5.43. The highest BCUT2D eigenvalue weighted by molar-refractivity contribution is 8.03. The van der Waals surface area contributed by atoms with Crippen LogP contribution in [0.5, 0.6) is 5.75 Å². The second-order valence-electron chi connectivity index (χ2n) is 8.20. The SMILES string of the molecule is CCN1/C(=C\C=C\c2sc3cc(/C=C/c4ccccc4)ccc3[n+]2CC)Sc2ccc(OC)cc21. The number of hydrogen-bond donors (Lipinski definition) is 0. The van der Waals surface area contributed by atoms with E-state index >= 15 is 0 Å². The Hall–Kier alpha value is -3.28. The Balaban J connectivity index is 1.40. The van der Waals surface area contributed by atoms with Crippen molar-refractivity contribution >= 4 is 57.2 Å². The van der Waals surface area contributed by atoms with Gasteiger partial charge in [0.25, 0.3) is 5.01 Å². The van der Waals surface area contributed by atoms with Gasteiger partial charge < -0.3 is 9.64 Å². The molecule has 0 atom stereocenters. The van der Waals surface area contributed by atoms with Gasteiger partial charge in [-0.3, -0.25) is 0 Å². The molecule has 0 aliphatic carbocycles. The molecule has 3 aromatic carbocycles. The van der Waals surface area contributed by atoms with E-state index in [0.29, 0.717) is 0 Å². The average Bonchev–Trinajstić information content (AvgIpc) is 3.43. The molecule has 35 heavy (non-hydrogen) atoms. The number of fused-ring (bicyclic) bond motifs is 2. The summed E-state index contributed by atoms with van der Waals surface area (Å²) in [5.74, 6) is 0.895. The second kappa shape index (κ2) is 10.5. The van der Waals surface area contributed by atoms with E-state index in [1.54, 1.807) is 7.11 Å². The fourth-order valence-corrected chi connectivity index (χ4v) is 6.61. The highest BCUT2D eigenvalue weighted by Crippen LogP contribution is 2.47. The summed E-state index contributed by atoms with van der Waals surface area (Å²) in [7, 11) is 1.72. The lowest BCUT2D eigenvalue weighted by atomic mass is 10.1. The minimum Gasteiger partial charge on any atom is -0.497 e. The second-order valence-corrected chi connectivity index (χ2v) is 10.3. The van der Waals surface area contributed by atoms with E-state index in [1.165, 1.54) is 42.0 Å². The molecule has 176 valence electrons. The van der Waals surface area contributed by atoms with Crippen LogP contribution in [0, 0.1) is 0 Å². The molecule has 0 N–H and O–H groups in total. The number of rotatable bonds is 7. The van der Waals surface area contributed by atoms with Gasteiger partial charge in [-0.2, -0.15) is 4.57 Å². The molecular formula is C30H29N2OS2+. The van der Waals surface area contributed by atoms with Crippen molar-refractivity contribution in [2.24, 2.45) is 0 Å². The Labute approximate surface area is 215 Å². The molecule has 2 heterocycles. The molecular weight excluding hydrogens is 468 g/mol. The minimum absolute atomic E-state index is 0.895. The van der Waals surface area contributed by atoms with Gasteiger partial charge in [-0.15, -0.1) is 0 Å². The van der Waals surface area contributed by atoms with E-state index in [-0.39, 0.29) is 0 Å². The zero-order valence-corrected chi connectivity index (χ0v) is 21.9. The number of thiazole rings is 1. The molecule has 5 rings (SSSR count). The van der Waals surface area contributed by atoms with Crippen LogP contribution in [0.1, 0.15) is 30.0 Å². The lowest BCUT2D eigenvalue weighted by Gasteiger charge is -2.18. The van der Waals surface area contributed by atoms with E-state index in [2.05, 4.69) is 108 Å². The number of ether oxygens (including phenoxy) is 1. The third-order valence-corrected chi connectivity index (χ3v) is 8.31. The van der Waals surface area contributed by atoms with Gasteiger partial charge >= 0.3 is 0 Å². The number of allylic oxidation sites excluding steroid dienone is 2. The standard InChI is InChI=1S/C30H29N2OS2/c1-4-31-25-18-16-23(15-14-22-10-7-6-8-11-22)20-28(25)35-29(31)12-9-13-30-32(5-2)26-21-24(33-3)17-19-27(26)34-30/h6-21H,4-5H2,1-3H3/q+1/b15-14+. The van der Waals surface area contributed by atoms with Gasteiger partial charge in [-0.1, -0.05) is 71.7 Å². The third kappa shape index (κ3) is 4.93. The Kier molecular flexibility index (Phi) is 7.07. The fraction of sp³-hybridized carbons (Fsp3) is 0.167. The van der Waals surface area contributed by atoms with Crippen LogP contribution in [-0.2, 0) is 6.54 Å². The minimum atomic E-state index is 0.895. The molecule has 3 nitrogen and oxygen atoms in total. The number of thioether (sulfide) groups is 1. The molecule has 0 saturated heterocycles. The van der Waals surface area contributed by atoms with E-state index in [4.69, 9.17) is 4.74 Å². The lowest BCUT2D eigenvalue weighted by Crippen LogP contribution is -2.33. The summed E-state index contributed by atoms with van der Waals surface area (Å²) >= 11 is 3.65. The van der Waals surface area contributed by atoms with Crippen LogP contribution in [-0.4, -0.2) is 13.7 Å². The van der Waals surface area contributed by atoms with Crippen LogP contribution in [0.3, 0.4) is 0 Å². The largest absolute Gasteiger partial charge is 0.497 e. The molecule has 1 aromatic heterocycles. The molecule has 0 bridgehead atoms. The summed E-state index contributed by atoms with van der Waals surface area (Å²) in [6.07, 6.45) is 11.0. The summed E-state index contributed by atoms with van der Waals surface area (Å²) in [4.78, 5) is 3.62. The molecule has 1 aliphatic rings. The summed E-state index contributed by atoms with van der Waals surface area (Å²) < 4.78 is 9.12. The van der Waals surface area contributed by atoms with Crippen molar-refractivity contribution in [3.63, 3.8) is 0 Å². The van der Waals surface area contributed by atoms with Gasteiger partial charge in [0.1, 0.15) is 17.0 Å². The molecule has 0 saturated carbocycles. The normalized spacial score (nSPS) is 14.6. The first-order chi connectivity index (χ1) is 17.2. The number of nitrogens with zero attached hydrogens (tertiary/aromatic N) is 2. The Bertz CT molecular complexity index is 1430. The van der Waals surface area contributed by atoms with Crippen molar-refractivity contribution in [1.82, 2.24) is 0 Å². The quantitative estimate of drug-likeness (QED) is 0.191. The van der Waals surface area contributed by atoms with Gasteiger partial charge in [0.15, 0.2) is 0 Å². The molecule has 0 radical (unpaired) electrons. The number of hydrogen-bond acceptors (Lipinski definition) is 4. The molecule has 5 heteroatoms. The van der Waals surface area contributed by atoms with Gasteiger partial charge in [-0.05, 0) is 55.3 Å². The van der Waals surface area contributed by atoms with Crippen molar-refractivity contribution in [1.29, 1.82) is 0 Å². The monoisotopic (exact) mass is 497 g/mol. The molecule has 4 aromatic rings. The first kappa shape index (κ1) is 23.5. The van der Waals surface area contributed by atoms with Crippen LogP contribution in [0.4, 0.5) is 5.69 Å². The summed E-state index contributed by atoms with van der Waals surface area (Å²) in [5.41, 5.74) is 4.94. The highest BCUT2D eigenvalue weighted by Gasteiger charge is 2.24. The van der Waals surface area contributed by atoms with Crippen molar-refractivity contribution < 1.29 is 9.30 Å². The lowest BCUT2D eigenvalue weighted by molar-refractivity contribution is -0.665. The van der Waals surface area contributed by atoms with E-state index in [1.807, 2.05) is 35.2 Å². The van der Waals surface area contributed by atoms with Crippen molar-refractivity contribution in [3.8, 4) is 5.75 Å². The van der Waals surface area contributed by atoms with Crippen LogP contribution < -0.4 is 14.2 Å². The number of benzene rings is 3. The smallest absolute Gasteiger partial charge is 0.262 e. The molecule has 0 unspecified atom stereocenters. The Morgan fingerprint density at radius 2 is 1.74 bits per heavy atom. The fourth-order valence-electron chi connectivity index (χ4n) is 4.30. The number of anilines is 1. The van der Waals surface area contributed by atoms with Gasteiger partial charge in [0.05, 0.1) is 17.8 Å². The number of aryl methyl sites for hydroxylation is 1. The van der Waals surface area contributed by atoms with Gasteiger partial charge in [0.2, 0.25) is 5.52 Å². The zero-order chi connectivity index (χ0) is 24.2. The molecule has 0 amide bonds. The first-order valence-corrected chi connectivity index (χ1v) is 13.5. The summed E-state index contributed by atoms with van der Waals surface area (Å²) in [5, 5.41) is 2.50. The maximum Gasteiger partial charge on any atom is 0.262 e. The van der Waals surface area contributed by atoms with Crippen molar-refractivity contribution in [2.75, 3.05) is 18.6 Å². The molecule has 0 fully saturated rings. The predicted molar refractivity (Wildman–Crippen MR) is 152 cm³/mol. The Morgan fingerprint density at radius 3 is 2.51 bits per heavy atom. The third-order valence-electron chi connectivity index (χ3n) is 6.07. The summed E-state index contributed by atoms with van der Waals surface area (Å²) in [6.45, 7) is 6.26. The van der Waals surface area contributed by atoms with E-state index < -0.39 is 0 Å². The highest BCUT2D eigenvalue weighted by atomic mass is 32.2.